The van der Waals surface area contributed by atoms with E-state index in [0.29, 0.717) is 12.3 Å². The third-order valence-electron chi connectivity index (χ3n) is 4.54. The lowest BCUT2D eigenvalue weighted by molar-refractivity contribution is -0.00630. The lowest BCUT2D eigenvalue weighted by Gasteiger charge is -2.35. The zero-order chi connectivity index (χ0) is 14.8. The van der Waals surface area contributed by atoms with Crippen LogP contribution in [0, 0.1) is 19.8 Å². The standard InChI is InChI=1S/C17H27NO2/c1-12-4-6-17(20,7-5-12)11-18-10-15-8-13(2)16(19)14(3)9-15/h8-9,12,18-20H,4-7,10-11H2,1-3H3. The molecule has 0 spiro atoms. The molecule has 0 saturated heterocycles. The highest BCUT2D eigenvalue weighted by Gasteiger charge is 2.31. The third-order valence-corrected chi connectivity index (χ3v) is 4.54. The Bertz CT molecular complexity index is 439. The number of hydrogen-bond donors (Lipinski definition) is 3. The van der Waals surface area contributed by atoms with Crippen molar-refractivity contribution in [3.05, 3.63) is 28.8 Å². The molecule has 1 aromatic carbocycles. The smallest absolute Gasteiger partial charge is 0.121 e. The van der Waals surface area contributed by atoms with Gasteiger partial charge in [0.25, 0.3) is 0 Å². The zero-order valence-corrected chi connectivity index (χ0v) is 12.9. The van der Waals surface area contributed by atoms with Gasteiger partial charge in [-0.1, -0.05) is 19.1 Å². The Hall–Kier alpha value is -1.06. The molecule has 0 unspecified atom stereocenters. The number of aryl methyl sites for hydroxylation is 2. The van der Waals surface area contributed by atoms with Crippen LogP contribution in [0.1, 0.15) is 49.3 Å². The van der Waals surface area contributed by atoms with Crippen molar-refractivity contribution in [3.63, 3.8) is 0 Å². The van der Waals surface area contributed by atoms with Crippen LogP contribution >= 0.6 is 0 Å². The largest absolute Gasteiger partial charge is 0.507 e. The van der Waals surface area contributed by atoms with Crippen LogP contribution in [0.2, 0.25) is 0 Å². The second kappa shape index (κ2) is 6.15. The van der Waals surface area contributed by atoms with Crippen LogP contribution in [-0.2, 0) is 6.54 Å². The first kappa shape index (κ1) is 15.3. The first-order valence-corrected chi connectivity index (χ1v) is 7.62. The molecule has 1 saturated carbocycles. The number of nitrogens with one attached hydrogen (secondary N) is 1. The van der Waals surface area contributed by atoms with Gasteiger partial charge < -0.3 is 15.5 Å². The Morgan fingerprint density at radius 1 is 1.20 bits per heavy atom. The molecular weight excluding hydrogens is 250 g/mol. The van der Waals surface area contributed by atoms with Crippen molar-refractivity contribution in [2.24, 2.45) is 5.92 Å². The molecule has 1 fully saturated rings. The first-order chi connectivity index (χ1) is 9.39. The van der Waals surface area contributed by atoms with Gasteiger partial charge in [0, 0.05) is 13.1 Å². The summed E-state index contributed by atoms with van der Waals surface area (Å²) >= 11 is 0. The van der Waals surface area contributed by atoms with Gasteiger partial charge in [0.1, 0.15) is 5.75 Å². The quantitative estimate of drug-likeness (QED) is 0.793. The molecule has 0 bridgehead atoms. The highest BCUT2D eigenvalue weighted by Crippen LogP contribution is 2.31. The molecular formula is C17H27NO2. The Labute approximate surface area is 122 Å². The van der Waals surface area contributed by atoms with Crippen molar-refractivity contribution in [3.8, 4) is 5.75 Å². The molecule has 3 N–H and O–H groups in total. The average molecular weight is 277 g/mol. The van der Waals surface area contributed by atoms with Crippen LogP contribution < -0.4 is 5.32 Å². The van der Waals surface area contributed by atoms with Crippen molar-refractivity contribution < 1.29 is 10.2 Å². The first-order valence-electron chi connectivity index (χ1n) is 7.62. The summed E-state index contributed by atoms with van der Waals surface area (Å²) in [4.78, 5) is 0. The second-order valence-corrected chi connectivity index (χ2v) is 6.59. The molecule has 3 nitrogen and oxygen atoms in total. The highest BCUT2D eigenvalue weighted by atomic mass is 16.3. The molecule has 0 amide bonds. The molecule has 0 aliphatic heterocycles. The van der Waals surface area contributed by atoms with Gasteiger partial charge in [0.15, 0.2) is 0 Å². The van der Waals surface area contributed by atoms with Gasteiger partial charge in [-0.25, -0.2) is 0 Å². The molecule has 3 heteroatoms. The predicted octanol–water partition coefficient (Wildman–Crippen LogP) is 3.04. The van der Waals surface area contributed by atoms with Crippen LogP contribution in [-0.4, -0.2) is 22.4 Å². The molecule has 2 rings (SSSR count). The summed E-state index contributed by atoms with van der Waals surface area (Å²) in [5.41, 5.74) is 2.44. The zero-order valence-electron chi connectivity index (χ0n) is 12.9. The molecule has 0 radical (unpaired) electrons. The summed E-state index contributed by atoms with van der Waals surface area (Å²) < 4.78 is 0. The summed E-state index contributed by atoms with van der Waals surface area (Å²) in [6.07, 6.45) is 4.04. The van der Waals surface area contributed by atoms with E-state index in [-0.39, 0.29) is 0 Å². The van der Waals surface area contributed by atoms with Gasteiger partial charge in [-0.15, -0.1) is 0 Å². The summed E-state index contributed by atoms with van der Waals surface area (Å²) in [6.45, 7) is 7.48. The Morgan fingerprint density at radius 2 is 1.75 bits per heavy atom. The molecule has 112 valence electrons. The second-order valence-electron chi connectivity index (χ2n) is 6.59. The van der Waals surface area contributed by atoms with Gasteiger partial charge in [0.2, 0.25) is 0 Å². The number of rotatable bonds is 4. The lowest BCUT2D eigenvalue weighted by atomic mass is 9.79. The van der Waals surface area contributed by atoms with Crippen molar-refractivity contribution >= 4 is 0 Å². The van der Waals surface area contributed by atoms with Crippen molar-refractivity contribution in [2.75, 3.05) is 6.54 Å². The number of hydrogen-bond acceptors (Lipinski definition) is 3. The average Bonchev–Trinajstić information content (AvgIpc) is 2.40. The van der Waals surface area contributed by atoms with Crippen LogP contribution in [0.25, 0.3) is 0 Å². The van der Waals surface area contributed by atoms with Crippen molar-refractivity contribution in [2.45, 2.75) is 58.6 Å². The molecule has 1 aromatic rings. The fraction of sp³-hybridized carbons (Fsp3) is 0.647. The molecule has 20 heavy (non-hydrogen) atoms. The van der Waals surface area contributed by atoms with Gasteiger partial charge in [-0.2, -0.15) is 0 Å². The SMILES string of the molecule is Cc1cc(CNCC2(O)CCC(C)CC2)cc(C)c1O. The summed E-state index contributed by atoms with van der Waals surface area (Å²) in [6, 6.07) is 4.00. The Balaban J connectivity index is 1.87. The molecule has 1 aliphatic rings. The topological polar surface area (TPSA) is 52.5 Å². The fourth-order valence-electron chi connectivity index (χ4n) is 3.06. The molecule has 0 heterocycles. The minimum Gasteiger partial charge on any atom is -0.507 e. The third kappa shape index (κ3) is 3.74. The van der Waals surface area contributed by atoms with Crippen LogP contribution in [0.5, 0.6) is 5.75 Å². The predicted molar refractivity (Wildman–Crippen MR) is 81.9 cm³/mol. The maximum Gasteiger partial charge on any atom is 0.121 e. The number of aliphatic hydroxyl groups is 1. The van der Waals surface area contributed by atoms with E-state index >= 15 is 0 Å². The number of benzene rings is 1. The van der Waals surface area contributed by atoms with Crippen LogP contribution in [0.3, 0.4) is 0 Å². The van der Waals surface area contributed by atoms with Crippen molar-refractivity contribution in [1.82, 2.24) is 5.32 Å². The van der Waals surface area contributed by atoms with E-state index in [1.54, 1.807) is 0 Å². The minimum atomic E-state index is -0.534. The fourth-order valence-corrected chi connectivity index (χ4v) is 3.06. The van der Waals surface area contributed by atoms with E-state index in [1.807, 2.05) is 26.0 Å². The summed E-state index contributed by atoms with van der Waals surface area (Å²) in [5.74, 6) is 1.13. The normalized spacial score (nSPS) is 26.7. The van der Waals surface area contributed by atoms with Crippen molar-refractivity contribution in [1.29, 1.82) is 0 Å². The lowest BCUT2D eigenvalue weighted by Crippen LogP contribution is -2.43. The monoisotopic (exact) mass is 277 g/mol. The van der Waals surface area contributed by atoms with E-state index < -0.39 is 5.60 Å². The molecule has 1 aliphatic carbocycles. The summed E-state index contributed by atoms with van der Waals surface area (Å²) in [5, 5.41) is 23.7. The number of aromatic hydroxyl groups is 1. The highest BCUT2D eigenvalue weighted by molar-refractivity contribution is 5.42. The maximum atomic E-state index is 10.5. The van der Waals surface area contributed by atoms with E-state index in [0.717, 1.165) is 54.8 Å². The molecule has 0 aromatic heterocycles. The Kier molecular flexibility index (Phi) is 4.71. The van der Waals surface area contributed by atoms with Gasteiger partial charge >= 0.3 is 0 Å². The van der Waals surface area contributed by atoms with Gasteiger partial charge in [0.05, 0.1) is 5.60 Å². The van der Waals surface area contributed by atoms with E-state index in [1.165, 1.54) is 0 Å². The maximum absolute atomic E-state index is 10.5. The van der Waals surface area contributed by atoms with Gasteiger partial charge in [-0.05, 0) is 62.1 Å². The number of phenols is 1. The van der Waals surface area contributed by atoms with E-state index in [4.69, 9.17) is 0 Å². The molecule has 0 atom stereocenters. The van der Waals surface area contributed by atoms with Crippen LogP contribution in [0.15, 0.2) is 12.1 Å². The van der Waals surface area contributed by atoms with Crippen LogP contribution in [0.4, 0.5) is 0 Å². The number of phenolic OH excluding ortho intramolecular Hbond substituents is 1. The Morgan fingerprint density at radius 3 is 2.30 bits per heavy atom. The summed E-state index contributed by atoms with van der Waals surface area (Å²) in [7, 11) is 0. The van der Waals surface area contributed by atoms with E-state index in [9.17, 15) is 10.2 Å². The minimum absolute atomic E-state index is 0.383. The van der Waals surface area contributed by atoms with Gasteiger partial charge in [-0.3, -0.25) is 0 Å². The van der Waals surface area contributed by atoms with E-state index in [2.05, 4.69) is 12.2 Å².